The van der Waals surface area contributed by atoms with Crippen molar-refractivity contribution in [2.24, 2.45) is 11.8 Å². The maximum absolute atomic E-state index is 12.8. The number of carbonyl (C=O) groups excluding carboxylic acids is 3. The molecule has 1 fully saturated rings. The summed E-state index contributed by atoms with van der Waals surface area (Å²) in [5.41, 5.74) is 0. The zero-order chi connectivity index (χ0) is 22.8. The van der Waals surface area contributed by atoms with Crippen molar-refractivity contribution in [1.29, 1.82) is 0 Å². The van der Waals surface area contributed by atoms with E-state index in [9.17, 15) is 24.3 Å². The van der Waals surface area contributed by atoms with Crippen LogP contribution in [0, 0.1) is 11.8 Å². The molecule has 1 heterocycles. The number of hydrogen-bond acceptors (Lipinski definition) is 6. The molecule has 1 rings (SSSR count). The van der Waals surface area contributed by atoms with Gasteiger partial charge in [-0.25, -0.2) is 4.79 Å². The summed E-state index contributed by atoms with van der Waals surface area (Å²) < 4.78 is 0. The van der Waals surface area contributed by atoms with Gasteiger partial charge in [0.15, 0.2) is 0 Å². The Morgan fingerprint density at radius 3 is 2.17 bits per heavy atom. The van der Waals surface area contributed by atoms with Gasteiger partial charge in [0.2, 0.25) is 17.7 Å². The molecule has 0 aromatic heterocycles. The summed E-state index contributed by atoms with van der Waals surface area (Å²) >= 11 is 4.14. The molecule has 5 atom stereocenters. The molecule has 0 bridgehead atoms. The number of thiol groups is 1. The third-order valence-corrected chi connectivity index (χ3v) is 5.67. The molecule has 9 nitrogen and oxygen atoms in total. The second kappa shape index (κ2) is 12.8. The Morgan fingerprint density at radius 2 is 1.70 bits per heavy atom. The molecular formula is C20H36N4O5S. The Labute approximate surface area is 183 Å². The highest BCUT2D eigenvalue weighted by Gasteiger charge is 2.32. The third kappa shape index (κ3) is 8.14. The zero-order valence-corrected chi connectivity index (χ0v) is 19.1. The van der Waals surface area contributed by atoms with Gasteiger partial charge in [-0.1, -0.05) is 34.1 Å². The van der Waals surface area contributed by atoms with Gasteiger partial charge in [0.25, 0.3) is 0 Å². The minimum Gasteiger partial charge on any atom is -0.480 e. The smallest absolute Gasteiger partial charge is 0.326 e. The quantitative estimate of drug-likeness (QED) is 0.240. The van der Waals surface area contributed by atoms with Crippen molar-refractivity contribution in [3.8, 4) is 0 Å². The fourth-order valence-corrected chi connectivity index (χ4v) is 3.54. The highest BCUT2D eigenvalue weighted by atomic mass is 32.1. The van der Waals surface area contributed by atoms with E-state index in [0.29, 0.717) is 12.8 Å². The van der Waals surface area contributed by atoms with Crippen molar-refractivity contribution >= 4 is 36.3 Å². The summed E-state index contributed by atoms with van der Waals surface area (Å²) in [6.07, 6.45) is 2.61. The fraction of sp³-hybridized carbons (Fsp3) is 0.800. The number of carboxylic acids is 1. The second-order valence-corrected chi connectivity index (χ2v) is 8.66. The van der Waals surface area contributed by atoms with Crippen LogP contribution in [-0.2, 0) is 19.2 Å². The van der Waals surface area contributed by atoms with E-state index in [1.165, 1.54) is 0 Å². The first-order valence-electron chi connectivity index (χ1n) is 10.6. The second-order valence-electron chi connectivity index (χ2n) is 8.29. The van der Waals surface area contributed by atoms with Crippen molar-refractivity contribution in [3.05, 3.63) is 0 Å². The van der Waals surface area contributed by atoms with Gasteiger partial charge in [0, 0.05) is 5.75 Å². The molecule has 0 aromatic rings. The van der Waals surface area contributed by atoms with Crippen LogP contribution in [0.3, 0.4) is 0 Å². The normalized spacial score (nSPS) is 20.1. The number of nitrogens with one attached hydrogen (secondary N) is 4. The molecule has 10 heteroatoms. The summed E-state index contributed by atoms with van der Waals surface area (Å²) in [4.78, 5) is 49.3. The SMILES string of the molecule is CCC(C)C(NC(=O)C(CS)NC(=O)C(CC(C)C)NC(=O)C1CCCN1)C(=O)O. The molecule has 0 saturated carbocycles. The molecular weight excluding hydrogens is 408 g/mol. The average Bonchev–Trinajstić information content (AvgIpc) is 3.23. The maximum atomic E-state index is 12.8. The predicted octanol–water partition coefficient (Wildman–Crippen LogP) is 0.299. The highest BCUT2D eigenvalue weighted by molar-refractivity contribution is 7.80. The van der Waals surface area contributed by atoms with Crippen LogP contribution in [0.15, 0.2) is 0 Å². The Morgan fingerprint density at radius 1 is 1.07 bits per heavy atom. The van der Waals surface area contributed by atoms with Gasteiger partial charge >= 0.3 is 5.97 Å². The van der Waals surface area contributed by atoms with E-state index in [1.807, 2.05) is 20.8 Å². The van der Waals surface area contributed by atoms with Crippen molar-refractivity contribution < 1.29 is 24.3 Å². The van der Waals surface area contributed by atoms with E-state index in [-0.39, 0.29) is 29.5 Å². The number of carbonyl (C=O) groups is 4. The largest absolute Gasteiger partial charge is 0.480 e. The van der Waals surface area contributed by atoms with E-state index < -0.39 is 35.9 Å². The van der Waals surface area contributed by atoms with Gasteiger partial charge in [-0.15, -0.1) is 0 Å². The maximum Gasteiger partial charge on any atom is 0.326 e. The summed E-state index contributed by atoms with van der Waals surface area (Å²) in [6.45, 7) is 8.21. The highest BCUT2D eigenvalue weighted by Crippen LogP contribution is 2.11. The molecule has 30 heavy (non-hydrogen) atoms. The van der Waals surface area contributed by atoms with Crippen LogP contribution < -0.4 is 21.3 Å². The zero-order valence-electron chi connectivity index (χ0n) is 18.2. The third-order valence-electron chi connectivity index (χ3n) is 5.31. The van der Waals surface area contributed by atoms with Crippen molar-refractivity contribution in [3.63, 3.8) is 0 Å². The van der Waals surface area contributed by atoms with Crippen LogP contribution in [0.5, 0.6) is 0 Å². The minimum atomic E-state index is -1.13. The lowest BCUT2D eigenvalue weighted by Crippen LogP contribution is -2.58. The van der Waals surface area contributed by atoms with E-state index in [1.54, 1.807) is 6.92 Å². The molecule has 0 aromatic carbocycles. The number of carboxylic acid groups (broad SMARTS) is 1. The van der Waals surface area contributed by atoms with Gasteiger partial charge in [-0.3, -0.25) is 14.4 Å². The molecule has 0 radical (unpaired) electrons. The summed E-state index contributed by atoms with van der Waals surface area (Å²) in [7, 11) is 0. The van der Waals surface area contributed by atoms with Crippen LogP contribution in [-0.4, -0.2) is 65.3 Å². The minimum absolute atomic E-state index is 0.00303. The average molecular weight is 445 g/mol. The van der Waals surface area contributed by atoms with Crippen LogP contribution in [0.2, 0.25) is 0 Å². The van der Waals surface area contributed by atoms with E-state index in [2.05, 4.69) is 33.9 Å². The van der Waals surface area contributed by atoms with E-state index in [0.717, 1.165) is 19.4 Å². The molecule has 1 aliphatic heterocycles. The summed E-state index contributed by atoms with van der Waals surface area (Å²) in [5.74, 6) is -2.59. The van der Waals surface area contributed by atoms with Crippen LogP contribution in [0.4, 0.5) is 0 Å². The number of hydrogen-bond donors (Lipinski definition) is 6. The van der Waals surface area contributed by atoms with Crippen LogP contribution in [0.25, 0.3) is 0 Å². The Balaban J connectivity index is 2.80. The van der Waals surface area contributed by atoms with Crippen LogP contribution in [0.1, 0.15) is 53.4 Å². The van der Waals surface area contributed by atoms with Gasteiger partial charge in [-0.05, 0) is 37.6 Å². The standard InChI is InChI=1S/C20H36N4O5S/c1-5-12(4)16(20(28)29)24-19(27)15(10-30)23-18(26)14(9-11(2)3)22-17(25)13-7-6-8-21-13/h11-16,21,30H,5-10H2,1-4H3,(H,22,25)(H,23,26)(H,24,27)(H,28,29). The lowest BCUT2D eigenvalue weighted by Gasteiger charge is -2.26. The lowest BCUT2D eigenvalue weighted by molar-refractivity contribution is -0.143. The summed E-state index contributed by atoms with van der Waals surface area (Å²) in [6, 6.07) is -3.17. The van der Waals surface area contributed by atoms with Gasteiger partial charge < -0.3 is 26.4 Å². The number of rotatable bonds is 12. The van der Waals surface area contributed by atoms with Gasteiger partial charge in [0.1, 0.15) is 18.1 Å². The number of aliphatic carboxylic acids is 1. The Kier molecular flexibility index (Phi) is 11.2. The molecule has 5 N–H and O–H groups in total. The molecule has 5 unspecified atom stereocenters. The Hall–Kier alpha value is -1.81. The van der Waals surface area contributed by atoms with Gasteiger partial charge in [0.05, 0.1) is 6.04 Å². The first-order chi connectivity index (χ1) is 14.1. The molecule has 0 spiro atoms. The molecule has 1 aliphatic rings. The fourth-order valence-electron chi connectivity index (χ4n) is 3.29. The summed E-state index contributed by atoms with van der Waals surface area (Å²) in [5, 5.41) is 20.4. The van der Waals surface area contributed by atoms with E-state index in [4.69, 9.17) is 0 Å². The lowest BCUT2D eigenvalue weighted by atomic mass is 9.99. The monoisotopic (exact) mass is 444 g/mol. The van der Waals surface area contributed by atoms with Crippen molar-refractivity contribution in [2.75, 3.05) is 12.3 Å². The van der Waals surface area contributed by atoms with E-state index >= 15 is 0 Å². The van der Waals surface area contributed by atoms with Crippen molar-refractivity contribution in [1.82, 2.24) is 21.3 Å². The molecule has 172 valence electrons. The molecule has 3 amide bonds. The first-order valence-corrected chi connectivity index (χ1v) is 11.2. The topological polar surface area (TPSA) is 137 Å². The number of amides is 3. The molecule has 0 aliphatic carbocycles. The van der Waals surface area contributed by atoms with Gasteiger partial charge in [-0.2, -0.15) is 12.6 Å². The van der Waals surface area contributed by atoms with Crippen LogP contribution >= 0.6 is 12.6 Å². The molecule has 1 saturated heterocycles. The predicted molar refractivity (Wildman–Crippen MR) is 117 cm³/mol. The first kappa shape index (κ1) is 26.2. The van der Waals surface area contributed by atoms with Crippen molar-refractivity contribution in [2.45, 2.75) is 77.5 Å². The Bertz CT molecular complexity index is 610.